The molecule has 121 heavy (non-hydrogen) atoms. The molecule has 2 aromatic heterocycles. The van der Waals surface area contributed by atoms with E-state index in [-0.39, 0.29) is 162 Å². The van der Waals surface area contributed by atoms with Gasteiger partial charge in [-0.3, -0.25) is 0 Å². The maximum absolute atomic E-state index is 14.0. The highest BCUT2D eigenvalue weighted by Gasteiger charge is 2.44. The molecule has 0 unspecified atom stereocenters. The fourth-order valence-electron chi connectivity index (χ4n) is 12.8. The number of aromatic nitrogens is 2. The molecule has 41 heteroatoms. The van der Waals surface area contributed by atoms with Crippen molar-refractivity contribution in [2.24, 2.45) is 9.98 Å². The molecule has 13 nitrogen and oxygen atoms in total. The topological polar surface area (TPSA) is 152 Å². The summed E-state index contributed by atoms with van der Waals surface area (Å²) in [4.78, 5) is 65.5. The minimum Gasteiger partial charge on any atom is -0.423 e. The molecule has 0 amide bonds. The third-order valence-corrected chi connectivity index (χ3v) is 20.0. The zero-order valence-electron chi connectivity index (χ0n) is 58.6. The Balaban J connectivity index is 0.996. The van der Waals surface area contributed by atoms with Gasteiger partial charge < -0.3 is 18.9 Å². The molecule has 0 atom stereocenters. The van der Waals surface area contributed by atoms with Crippen LogP contribution in [0, 0.1) is 0 Å². The number of allylic oxidation sites excluding steroid dienone is 4. The van der Waals surface area contributed by atoms with Crippen molar-refractivity contribution in [3.8, 4) is 23.0 Å². The summed E-state index contributed by atoms with van der Waals surface area (Å²) in [5, 5.41) is -2.04. The maximum Gasteiger partial charge on any atom is 0.416 e. The van der Waals surface area contributed by atoms with Gasteiger partial charge in [-0.15, -0.1) is 0 Å². The molecule has 14 rings (SSSR count). The summed E-state index contributed by atoms with van der Waals surface area (Å²) < 4.78 is 359. The number of nitrogens with one attached hydrogen (secondary N) is 1. The van der Waals surface area contributed by atoms with Crippen LogP contribution in [0.4, 0.5) is 105 Å². The summed E-state index contributed by atoms with van der Waals surface area (Å²) >= 11 is 29.4. The molecule has 0 saturated carbocycles. The van der Waals surface area contributed by atoms with Gasteiger partial charge in [0.05, 0.1) is 132 Å². The number of hydrogen-bond acceptors (Lipinski definition) is 11. The summed E-state index contributed by atoms with van der Waals surface area (Å²) in [7, 11) is 0. The van der Waals surface area contributed by atoms with Crippen LogP contribution < -0.4 is 35.2 Å². The van der Waals surface area contributed by atoms with Crippen molar-refractivity contribution in [2.75, 3.05) is 5.53 Å². The Labute approximate surface area is 678 Å². The summed E-state index contributed by atoms with van der Waals surface area (Å²) in [5.41, 5.74) is -16.4. The Morgan fingerprint density at radius 2 is 0.471 bits per heavy atom. The second-order valence-corrected chi connectivity index (χ2v) is 27.7. The molecule has 6 bridgehead atoms. The molecule has 6 heterocycles. The highest BCUT2D eigenvalue weighted by atomic mass is 35.5. The lowest BCUT2D eigenvalue weighted by molar-refractivity contribution is -0.144. The second kappa shape index (κ2) is 30.3. The van der Waals surface area contributed by atoms with E-state index in [1.54, 1.807) is 0 Å². The number of carbonyl (C=O) groups is 4. The number of alkyl halides is 24. The molecule has 10 aromatic rings. The van der Waals surface area contributed by atoms with Gasteiger partial charge in [-0.1, -0.05) is 94.9 Å². The lowest BCUT2D eigenvalue weighted by atomic mass is 9.98. The molecular weight excluding hydrogens is 1760 g/mol. The van der Waals surface area contributed by atoms with Crippen LogP contribution in [0.25, 0.3) is 22.3 Å². The average molecular weight is 1790 g/mol. The first-order valence-electron chi connectivity index (χ1n) is 33.5. The minimum absolute atomic E-state index is 0.0829. The third kappa shape index (κ3) is 17.0. The van der Waals surface area contributed by atoms with Crippen molar-refractivity contribution in [3.05, 3.63) is 337 Å². The largest absolute Gasteiger partial charge is 0.423 e. The van der Waals surface area contributed by atoms with E-state index >= 15 is 0 Å². The molecule has 0 spiro atoms. The van der Waals surface area contributed by atoms with E-state index < -0.39 is 183 Å². The van der Waals surface area contributed by atoms with Gasteiger partial charge in [0.15, 0.2) is 0 Å². The average Bonchev–Trinajstić information content (AvgIpc) is 1.55. The van der Waals surface area contributed by atoms with Crippen molar-refractivity contribution in [3.63, 3.8) is 0 Å². The lowest BCUT2D eigenvalue weighted by Crippen LogP contribution is -2.42. The first-order valence-corrected chi connectivity index (χ1v) is 35.0. The quantitative estimate of drug-likeness (QED) is 0.0716. The monoisotopic (exact) mass is 1790 g/mol. The van der Waals surface area contributed by atoms with Crippen LogP contribution in [-0.4, -0.2) is 44.7 Å². The molecule has 4 aliphatic heterocycles. The van der Waals surface area contributed by atoms with Crippen LogP contribution in [0.15, 0.2) is 236 Å². The minimum atomic E-state index is -5.40. The van der Waals surface area contributed by atoms with E-state index in [2.05, 4.69) is 5.53 Å². The van der Waals surface area contributed by atoms with Crippen LogP contribution in [0.5, 0.6) is 23.0 Å². The Kier molecular flexibility index (Phi) is 21.3. The fraction of sp³-hybridized carbons (Fsp3) is 0.100. The number of aliphatic imine (C=N–C) groups is 2. The summed E-state index contributed by atoms with van der Waals surface area (Å²) in [6.07, 6.45) is -43.2. The number of hydrogen-bond donors (Lipinski definition) is 1. The van der Waals surface area contributed by atoms with Crippen LogP contribution >= 0.6 is 46.4 Å². The van der Waals surface area contributed by atoms with E-state index in [1.165, 1.54) is 33.6 Å². The highest BCUT2D eigenvalue weighted by molar-refractivity contribution is 6.59. The zero-order valence-corrected chi connectivity index (χ0v) is 61.6. The van der Waals surface area contributed by atoms with Crippen LogP contribution in [0.1, 0.15) is 120 Å². The summed E-state index contributed by atoms with van der Waals surface area (Å²) in [6.45, 7) is 0. The number of halogens is 28. The third-order valence-electron chi connectivity index (χ3n) is 18.3. The molecule has 0 radical (unpaired) electrons. The van der Waals surface area contributed by atoms with Gasteiger partial charge in [0.2, 0.25) is 0 Å². The number of rotatable bonds is 12. The Morgan fingerprint density at radius 3 is 0.678 bits per heavy atom. The SMILES string of the molecule is O=C(Oc1cc(C(F)(F)F)cc(C(F)(F)F)c1)c1ccc(/C2=C3N=C(C(Cl)=C/3Cl)/C(c3ccc(C(=O)Oc4cc(C(F)(F)F)cc(C(F)(F)F)c4)cc3)=c3/cc/c4n3Nn3c2ccc3/C(c2ccc(C(=O)Oc3cc(C(F)(F)F)cc(C(F)(F)F)c3)cc2)=C2N=C(C(Cl)=C\2Cl)/C=4c2ccc(C(=O)Oc3cc(C(F)(F)F)cc(C(F)(F)F)c3)cc2)cc1. The molecule has 0 aliphatic carbocycles. The predicted octanol–water partition coefficient (Wildman–Crippen LogP) is 22.6. The van der Waals surface area contributed by atoms with Gasteiger partial charge in [-0.05, 0) is 168 Å². The van der Waals surface area contributed by atoms with Gasteiger partial charge >= 0.3 is 73.3 Å². The Morgan fingerprint density at radius 1 is 0.264 bits per heavy atom. The molecule has 0 saturated heterocycles. The standard InChI is InChI=1S/C80H33Cl4F24N5O8/c81-61-62(82)66-59(35-5-13-39(14-6-35)71(116)120-51-29-45(77(97,98)99)23-46(30-51)78(100,101)102)55-19-20-56-60(36-7-15-40(16-8-36)72(117)121-52-31-47(79(103,104)105)24-48(32-52)80(106,107)108)68-64(84)63(83)67(110-68)58(34-3-11-38(12-4-34)70(115)119-50-27-43(75(91,92)93)22-44(28-50)76(94,95)96)54-18-17-53(112(54)111-113(55)56)57(65(61)109-66)33-1-9-37(10-2-33)69(114)118-49-25-41(73(85,86)87)21-42(26-49)74(88,89)90/h1-32,111H/b57-53-,58-54+,59-55?,60-56?,65-57?,66-59-,67-58?,68-60-. The molecule has 622 valence electrons. The maximum atomic E-state index is 14.0. The van der Waals surface area contributed by atoms with E-state index in [9.17, 15) is 125 Å². The van der Waals surface area contributed by atoms with E-state index in [0.29, 0.717) is 0 Å². The molecule has 8 aromatic carbocycles. The number of fused-ring (bicyclic) bond motifs is 2. The van der Waals surface area contributed by atoms with Crippen molar-refractivity contribution in [2.45, 2.75) is 49.4 Å². The Hall–Kier alpha value is -12.5. The molecule has 1 N–H and O–H groups in total. The first kappa shape index (κ1) is 85.0. The molecule has 0 fully saturated rings. The van der Waals surface area contributed by atoms with Gasteiger partial charge in [-0.2, -0.15) is 105 Å². The molecular formula is C80H33Cl4F24N5O8. The predicted molar refractivity (Wildman–Crippen MR) is 384 cm³/mol. The first-order chi connectivity index (χ1) is 56.3. The van der Waals surface area contributed by atoms with Crippen LogP contribution in [0.2, 0.25) is 0 Å². The zero-order chi connectivity index (χ0) is 87.8. The van der Waals surface area contributed by atoms with Crippen molar-refractivity contribution < 1.29 is 143 Å². The number of ether oxygens (including phenoxy) is 4. The smallest absolute Gasteiger partial charge is 0.416 e. The molecule has 4 aliphatic rings. The fourth-order valence-corrected chi connectivity index (χ4v) is 13.7. The van der Waals surface area contributed by atoms with Gasteiger partial charge in [0.1, 0.15) is 23.0 Å². The van der Waals surface area contributed by atoms with E-state index in [4.69, 9.17) is 75.3 Å². The van der Waals surface area contributed by atoms with E-state index in [1.807, 2.05) is 0 Å². The second-order valence-electron chi connectivity index (χ2n) is 26.2. The van der Waals surface area contributed by atoms with Gasteiger partial charge in [-0.25, -0.2) is 44.0 Å². The lowest BCUT2D eigenvalue weighted by Gasteiger charge is -2.24. The van der Waals surface area contributed by atoms with Crippen molar-refractivity contribution >= 4 is 104 Å². The summed E-state index contributed by atoms with van der Waals surface area (Å²) in [6, 6.07) is 22.6. The highest BCUT2D eigenvalue weighted by Crippen LogP contribution is 2.49. The summed E-state index contributed by atoms with van der Waals surface area (Å²) in [5.74, 6) is -11.0. The number of benzene rings is 8. The number of nitrogens with zero attached hydrogens (tertiary/aromatic N) is 4. The van der Waals surface area contributed by atoms with Crippen molar-refractivity contribution in [1.82, 2.24) is 9.35 Å². The van der Waals surface area contributed by atoms with Gasteiger partial charge in [0, 0.05) is 22.3 Å². The number of esters is 4. The number of carbonyl (C=O) groups excluding carboxylic acids is 4. The van der Waals surface area contributed by atoms with Crippen molar-refractivity contribution in [1.29, 1.82) is 0 Å². The van der Waals surface area contributed by atoms with E-state index in [0.717, 1.165) is 97.1 Å². The Bertz CT molecular complexity index is 5890. The van der Waals surface area contributed by atoms with Crippen LogP contribution in [-0.2, 0) is 49.4 Å². The van der Waals surface area contributed by atoms with Crippen LogP contribution in [0.3, 0.4) is 0 Å². The van der Waals surface area contributed by atoms with Gasteiger partial charge in [0.25, 0.3) is 0 Å². The normalized spacial score (nSPS) is 16.8.